The van der Waals surface area contributed by atoms with Gasteiger partial charge in [0.05, 0.1) is 5.69 Å². The van der Waals surface area contributed by atoms with Crippen molar-refractivity contribution in [3.05, 3.63) is 42.5 Å². The lowest BCUT2D eigenvalue weighted by Gasteiger charge is -2.18. The van der Waals surface area contributed by atoms with Crippen molar-refractivity contribution in [3.8, 4) is 0 Å². The lowest BCUT2D eigenvalue weighted by Crippen LogP contribution is -2.15. The fourth-order valence-corrected chi connectivity index (χ4v) is 2.02. The quantitative estimate of drug-likeness (QED) is 0.512. The molecule has 0 aliphatic heterocycles. The molecule has 0 saturated carbocycles. The Bertz CT molecular complexity index is 512. The predicted octanol–water partition coefficient (Wildman–Crippen LogP) is 5.52. The van der Waals surface area contributed by atoms with Crippen LogP contribution in [0.3, 0.4) is 0 Å². The Balaban J connectivity index is 3.23. The van der Waals surface area contributed by atoms with Crippen LogP contribution in [0.4, 0.5) is 11.4 Å². The summed E-state index contributed by atoms with van der Waals surface area (Å²) in [5.74, 6) is 0. The summed E-state index contributed by atoms with van der Waals surface area (Å²) in [6.45, 7) is 16.3. The van der Waals surface area contributed by atoms with Crippen LogP contribution in [0.2, 0.25) is 0 Å². The Hall–Kier alpha value is -1.83. The second-order valence-corrected chi connectivity index (χ2v) is 5.08. The predicted molar refractivity (Wildman–Crippen MR) is 92.2 cm³/mol. The van der Waals surface area contributed by atoms with Gasteiger partial charge in [-0.25, -0.2) is 0 Å². The van der Waals surface area contributed by atoms with E-state index in [0.717, 1.165) is 35.4 Å². The van der Waals surface area contributed by atoms with Crippen molar-refractivity contribution in [2.45, 2.75) is 46.6 Å². The maximum atomic E-state index is 4.55. The van der Waals surface area contributed by atoms with Crippen LogP contribution in [-0.2, 0) is 0 Å². The van der Waals surface area contributed by atoms with E-state index in [1.807, 2.05) is 19.2 Å². The van der Waals surface area contributed by atoms with E-state index in [1.165, 1.54) is 5.56 Å². The normalized spacial score (nSPS) is 12.4. The third-order valence-electron chi connectivity index (χ3n) is 3.28. The number of nitrogens with zero attached hydrogens (tertiary/aromatic N) is 1. The molecular weight excluding hydrogens is 244 g/mol. The van der Waals surface area contributed by atoms with Crippen molar-refractivity contribution in [1.82, 2.24) is 0 Å². The zero-order valence-corrected chi connectivity index (χ0v) is 13.2. The molecule has 0 bridgehead atoms. The Morgan fingerprint density at radius 3 is 2.60 bits per heavy atom. The standard InChI is InChI=1S/C18H26N2/c1-7-10-19-18-12-17(20-15(8-2)9-3)14(6)11-16(18)13(4)5/h8,10-12,15,20H,2,4,7,9H2,1,3,5-6H3/t15-/m1/s1. The molecule has 1 aromatic rings. The molecule has 0 aromatic heterocycles. The number of benzene rings is 1. The molecule has 0 unspecified atom stereocenters. The number of anilines is 1. The van der Waals surface area contributed by atoms with Crippen LogP contribution in [0.25, 0.3) is 5.57 Å². The molecule has 0 heterocycles. The van der Waals surface area contributed by atoms with E-state index in [0.29, 0.717) is 0 Å². The topological polar surface area (TPSA) is 24.4 Å². The van der Waals surface area contributed by atoms with Gasteiger partial charge < -0.3 is 5.32 Å². The lowest BCUT2D eigenvalue weighted by molar-refractivity contribution is 0.834. The number of nitrogens with one attached hydrogen (secondary N) is 1. The van der Waals surface area contributed by atoms with Gasteiger partial charge in [0.2, 0.25) is 0 Å². The summed E-state index contributed by atoms with van der Waals surface area (Å²) in [6, 6.07) is 4.55. The summed E-state index contributed by atoms with van der Waals surface area (Å²) < 4.78 is 0. The average Bonchev–Trinajstić information content (AvgIpc) is 2.44. The highest BCUT2D eigenvalue weighted by Crippen LogP contribution is 2.32. The molecule has 1 atom stereocenters. The fourth-order valence-electron chi connectivity index (χ4n) is 2.02. The first-order chi connectivity index (χ1) is 9.53. The van der Waals surface area contributed by atoms with Gasteiger partial charge >= 0.3 is 0 Å². The molecule has 1 aromatic carbocycles. The third kappa shape index (κ3) is 4.09. The molecule has 0 spiro atoms. The SMILES string of the molecule is C=C[C@H](CC)Nc1cc(N=CCC)c(C(=C)C)cc1C. The zero-order valence-electron chi connectivity index (χ0n) is 13.2. The van der Waals surface area contributed by atoms with E-state index >= 15 is 0 Å². The highest BCUT2D eigenvalue weighted by Gasteiger charge is 2.09. The molecule has 1 N–H and O–H groups in total. The highest BCUT2D eigenvalue weighted by atomic mass is 14.9. The number of hydrogen-bond donors (Lipinski definition) is 1. The van der Waals surface area contributed by atoms with Gasteiger partial charge in [-0.2, -0.15) is 0 Å². The van der Waals surface area contributed by atoms with Crippen molar-refractivity contribution in [3.63, 3.8) is 0 Å². The molecule has 1 rings (SSSR count). The Morgan fingerprint density at radius 1 is 1.40 bits per heavy atom. The maximum absolute atomic E-state index is 4.55. The fraction of sp³-hybridized carbons (Fsp3) is 0.389. The smallest absolute Gasteiger partial charge is 0.0721 e. The van der Waals surface area contributed by atoms with Crippen LogP contribution in [0.15, 0.2) is 36.4 Å². The summed E-state index contributed by atoms with van der Waals surface area (Å²) in [4.78, 5) is 4.55. The summed E-state index contributed by atoms with van der Waals surface area (Å²) in [7, 11) is 0. The van der Waals surface area contributed by atoms with E-state index < -0.39 is 0 Å². The molecule has 2 heteroatoms. The molecule has 108 valence electrons. The van der Waals surface area contributed by atoms with Crippen molar-refractivity contribution in [1.29, 1.82) is 0 Å². The number of aryl methyl sites for hydroxylation is 1. The lowest BCUT2D eigenvalue weighted by atomic mass is 10.0. The average molecular weight is 270 g/mol. The molecule has 20 heavy (non-hydrogen) atoms. The molecule has 0 fully saturated rings. The number of aliphatic imine (C=N–C) groups is 1. The first kappa shape index (κ1) is 16.2. The Morgan fingerprint density at radius 2 is 2.10 bits per heavy atom. The molecule has 2 nitrogen and oxygen atoms in total. The molecule has 0 radical (unpaired) electrons. The Labute approximate surface area is 123 Å². The van der Waals surface area contributed by atoms with Gasteiger partial charge in [-0.05, 0) is 50.0 Å². The molecule has 0 saturated heterocycles. The summed E-state index contributed by atoms with van der Waals surface area (Å²) in [6.07, 6.45) is 5.82. The number of allylic oxidation sites excluding steroid dienone is 1. The van der Waals surface area contributed by atoms with Gasteiger partial charge in [0.1, 0.15) is 0 Å². The summed E-state index contributed by atoms with van der Waals surface area (Å²) in [5, 5.41) is 3.51. The first-order valence-electron chi connectivity index (χ1n) is 7.25. The zero-order chi connectivity index (χ0) is 15.1. The molecule has 0 aliphatic rings. The Kier molecular flexibility index (Phi) is 6.23. The largest absolute Gasteiger partial charge is 0.379 e. The summed E-state index contributed by atoms with van der Waals surface area (Å²) >= 11 is 0. The van der Waals surface area contributed by atoms with E-state index in [2.05, 4.69) is 56.4 Å². The second-order valence-electron chi connectivity index (χ2n) is 5.08. The van der Waals surface area contributed by atoms with Crippen molar-refractivity contribution in [2.75, 3.05) is 5.32 Å². The van der Waals surface area contributed by atoms with Gasteiger partial charge in [-0.15, -0.1) is 6.58 Å². The van der Waals surface area contributed by atoms with Crippen molar-refractivity contribution in [2.24, 2.45) is 4.99 Å². The maximum Gasteiger partial charge on any atom is 0.0721 e. The van der Waals surface area contributed by atoms with Gasteiger partial charge in [0.25, 0.3) is 0 Å². The van der Waals surface area contributed by atoms with Gasteiger partial charge in [-0.3, -0.25) is 4.99 Å². The van der Waals surface area contributed by atoms with Gasteiger partial charge in [0, 0.05) is 23.5 Å². The minimum Gasteiger partial charge on any atom is -0.379 e. The minimum atomic E-state index is 0.285. The van der Waals surface area contributed by atoms with Crippen molar-refractivity contribution < 1.29 is 0 Å². The van der Waals surface area contributed by atoms with Crippen LogP contribution in [-0.4, -0.2) is 12.3 Å². The van der Waals surface area contributed by atoms with E-state index in [-0.39, 0.29) is 6.04 Å². The number of hydrogen-bond acceptors (Lipinski definition) is 2. The minimum absolute atomic E-state index is 0.285. The molecular formula is C18H26N2. The number of rotatable bonds is 7. The third-order valence-corrected chi connectivity index (χ3v) is 3.28. The van der Waals surface area contributed by atoms with Gasteiger partial charge in [-0.1, -0.05) is 26.5 Å². The van der Waals surface area contributed by atoms with Gasteiger partial charge in [0.15, 0.2) is 0 Å². The van der Waals surface area contributed by atoms with Crippen molar-refractivity contribution >= 4 is 23.2 Å². The molecule has 0 amide bonds. The van der Waals surface area contributed by atoms with Crippen LogP contribution >= 0.6 is 0 Å². The van der Waals surface area contributed by atoms with Crippen LogP contribution in [0.1, 0.15) is 44.7 Å². The van der Waals surface area contributed by atoms with Crippen LogP contribution in [0, 0.1) is 6.92 Å². The van der Waals surface area contributed by atoms with E-state index in [1.54, 1.807) is 0 Å². The van der Waals surface area contributed by atoms with E-state index in [9.17, 15) is 0 Å². The first-order valence-corrected chi connectivity index (χ1v) is 7.25. The van der Waals surface area contributed by atoms with Crippen LogP contribution in [0.5, 0.6) is 0 Å². The second kappa shape index (κ2) is 7.68. The van der Waals surface area contributed by atoms with Crippen LogP contribution < -0.4 is 5.32 Å². The monoisotopic (exact) mass is 270 g/mol. The highest BCUT2D eigenvalue weighted by molar-refractivity contribution is 5.79. The summed E-state index contributed by atoms with van der Waals surface area (Å²) in [5.41, 5.74) is 5.46. The molecule has 0 aliphatic carbocycles. The van der Waals surface area contributed by atoms with E-state index in [4.69, 9.17) is 0 Å².